The summed E-state index contributed by atoms with van der Waals surface area (Å²) in [6, 6.07) is 7.15. The third-order valence-electron chi connectivity index (χ3n) is 4.07. The van der Waals surface area contributed by atoms with Crippen LogP contribution in [0.25, 0.3) is 11.7 Å². The van der Waals surface area contributed by atoms with E-state index in [9.17, 15) is 10.1 Å². The van der Waals surface area contributed by atoms with Gasteiger partial charge in [-0.15, -0.1) is 0 Å². The molecule has 0 N–H and O–H groups in total. The highest BCUT2D eigenvalue weighted by molar-refractivity contribution is 5.94. The summed E-state index contributed by atoms with van der Waals surface area (Å²) in [5.74, 6) is 1.08. The molecule has 1 aliphatic rings. The first-order valence-corrected chi connectivity index (χ1v) is 7.77. The molecule has 8 heteroatoms. The van der Waals surface area contributed by atoms with Crippen molar-refractivity contribution in [1.29, 1.82) is 5.26 Å². The van der Waals surface area contributed by atoms with E-state index >= 15 is 0 Å². The molecule has 0 spiro atoms. The summed E-state index contributed by atoms with van der Waals surface area (Å²) >= 11 is 0. The van der Waals surface area contributed by atoms with Crippen molar-refractivity contribution in [1.82, 2.24) is 9.88 Å². The van der Waals surface area contributed by atoms with Crippen molar-refractivity contribution < 1.29 is 18.0 Å². The van der Waals surface area contributed by atoms with Gasteiger partial charge in [0.15, 0.2) is 5.76 Å². The zero-order valence-electron chi connectivity index (χ0n) is 13.2. The highest BCUT2D eigenvalue weighted by Crippen LogP contribution is 2.29. The molecule has 0 aliphatic carbocycles. The molecular weight excluding hydrogens is 324 g/mol. The molecule has 4 rings (SSSR count). The molecule has 1 aliphatic heterocycles. The molecular formula is C17H14N4O4. The molecule has 0 saturated carbocycles. The topological polar surface area (TPSA) is 99.6 Å². The molecule has 1 fully saturated rings. The predicted octanol–water partition coefficient (Wildman–Crippen LogP) is 2.36. The molecule has 1 amide bonds. The number of carbonyl (C=O) groups excluding carboxylic acids is 1. The van der Waals surface area contributed by atoms with Crippen LogP contribution in [-0.2, 0) is 0 Å². The number of amides is 1. The first kappa shape index (κ1) is 15.1. The second kappa shape index (κ2) is 6.20. The minimum Gasteiger partial charge on any atom is -0.472 e. The largest absolute Gasteiger partial charge is 0.472 e. The molecule has 3 aromatic heterocycles. The van der Waals surface area contributed by atoms with Gasteiger partial charge in [0.1, 0.15) is 12.3 Å². The lowest BCUT2D eigenvalue weighted by atomic mass is 10.2. The van der Waals surface area contributed by atoms with Gasteiger partial charge in [-0.3, -0.25) is 4.79 Å². The van der Waals surface area contributed by atoms with E-state index in [0.717, 1.165) is 0 Å². The van der Waals surface area contributed by atoms with Crippen LogP contribution in [0, 0.1) is 11.3 Å². The van der Waals surface area contributed by atoms with E-state index < -0.39 is 0 Å². The maximum Gasteiger partial charge on any atom is 0.266 e. The summed E-state index contributed by atoms with van der Waals surface area (Å²) in [5, 5.41) is 9.32. The van der Waals surface area contributed by atoms with E-state index in [4.69, 9.17) is 13.3 Å². The highest BCUT2D eigenvalue weighted by Gasteiger charge is 2.27. The van der Waals surface area contributed by atoms with Crippen molar-refractivity contribution in [3.63, 3.8) is 0 Å². The summed E-state index contributed by atoms with van der Waals surface area (Å²) in [5.41, 5.74) is 0.743. The van der Waals surface area contributed by atoms with Gasteiger partial charge >= 0.3 is 0 Å². The Labute approximate surface area is 142 Å². The Kier molecular flexibility index (Phi) is 3.74. The lowest BCUT2D eigenvalue weighted by Gasteiger charge is -2.34. The Morgan fingerprint density at radius 1 is 1.20 bits per heavy atom. The summed E-state index contributed by atoms with van der Waals surface area (Å²) in [7, 11) is 0. The molecule has 8 nitrogen and oxygen atoms in total. The first-order chi connectivity index (χ1) is 12.3. The van der Waals surface area contributed by atoms with Crippen molar-refractivity contribution in [2.75, 3.05) is 31.1 Å². The van der Waals surface area contributed by atoms with E-state index in [1.165, 1.54) is 18.8 Å². The lowest BCUT2D eigenvalue weighted by Crippen LogP contribution is -2.48. The van der Waals surface area contributed by atoms with Crippen LogP contribution in [0.15, 0.2) is 50.2 Å². The first-order valence-electron chi connectivity index (χ1n) is 7.77. The van der Waals surface area contributed by atoms with Gasteiger partial charge in [-0.2, -0.15) is 10.2 Å². The van der Waals surface area contributed by atoms with Gasteiger partial charge in [-0.1, -0.05) is 0 Å². The molecule has 3 aromatic rings. The number of piperazine rings is 1. The minimum absolute atomic E-state index is 0.0669. The van der Waals surface area contributed by atoms with E-state index in [0.29, 0.717) is 43.4 Å². The fourth-order valence-electron chi connectivity index (χ4n) is 2.79. The van der Waals surface area contributed by atoms with Crippen molar-refractivity contribution in [2.24, 2.45) is 0 Å². The minimum atomic E-state index is -0.0669. The van der Waals surface area contributed by atoms with E-state index in [2.05, 4.69) is 11.1 Å². The quantitative estimate of drug-likeness (QED) is 0.722. The smallest absolute Gasteiger partial charge is 0.266 e. The number of nitrogens with zero attached hydrogens (tertiary/aromatic N) is 4. The van der Waals surface area contributed by atoms with Gasteiger partial charge in [-0.05, 0) is 18.2 Å². The summed E-state index contributed by atoms with van der Waals surface area (Å²) in [6.07, 6.45) is 4.44. The summed E-state index contributed by atoms with van der Waals surface area (Å²) in [6.45, 7) is 2.13. The molecule has 126 valence electrons. The fraction of sp³-hybridized carbons (Fsp3) is 0.235. The molecule has 1 saturated heterocycles. The molecule has 0 radical (unpaired) electrons. The van der Waals surface area contributed by atoms with Crippen molar-refractivity contribution in [2.45, 2.75) is 0 Å². The average molecular weight is 338 g/mol. The monoisotopic (exact) mass is 338 g/mol. The average Bonchev–Trinajstić information content (AvgIpc) is 3.42. The maximum absolute atomic E-state index is 12.3. The van der Waals surface area contributed by atoms with E-state index in [1.54, 1.807) is 23.1 Å². The van der Waals surface area contributed by atoms with E-state index in [1.807, 2.05) is 4.90 Å². The van der Waals surface area contributed by atoms with Crippen LogP contribution in [0.3, 0.4) is 0 Å². The van der Waals surface area contributed by atoms with Gasteiger partial charge in [0.25, 0.3) is 11.8 Å². The van der Waals surface area contributed by atoms with Crippen LogP contribution in [0.4, 0.5) is 5.88 Å². The number of anilines is 1. The Morgan fingerprint density at radius 2 is 2.04 bits per heavy atom. The standard InChI is InChI=1S/C17H14N4O4/c18-10-13-17(25-15(19-13)14-2-1-8-24-14)21-6-4-20(5-7-21)16(22)12-3-9-23-11-12/h1-3,8-9,11H,4-7H2. The van der Waals surface area contributed by atoms with Crippen LogP contribution < -0.4 is 4.90 Å². The van der Waals surface area contributed by atoms with Gasteiger partial charge in [0.05, 0.1) is 18.1 Å². The molecule has 0 bridgehead atoms. The normalized spacial score (nSPS) is 14.5. The number of hydrogen-bond acceptors (Lipinski definition) is 7. The van der Waals surface area contributed by atoms with Gasteiger partial charge < -0.3 is 23.1 Å². The van der Waals surface area contributed by atoms with Crippen molar-refractivity contribution in [3.05, 3.63) is 48.2 Å². The number of nitriles is 1. The predicted molar refractivity (Wildman–Crippen MR) is 85.7 cm³/mol. The molecule has 0 aromatic carbocycles. The number of oxazole rings is 1. The third-order valence-corrected chi connectivity index (χ3v) is 4.07. The van der Waals surface area contributed by atoms with Crippen molar-refractivity contribution in [3.8, 4) is 17.7 Å². The molecule has 4 heterocycles. The Hall–Kier alpha value is -3.47. The summed E-state index contributed by atoms with van der Waals surface area (Å²) < 4.78 is 16.0. The molecule has 0 unspecified atom stereocenters. The van der Waals surface area contributed by atoms with E-state index in [-0.39, 0.29) is 17.5 Å². The SMILES string of the molecule is N#Cc1nc(-c2ccco2)oc1N1CCN(C(=O)c2ccoc2)CC1. The van der Waals surface area contributed by atoms with Crippen molar-refractivity contribution >= 4 is 11.8 Å². The molecule has 0 atom stereocenters. The summed E-state index contributed by atoms with van der Waals surface area (Å²) in [4.78, 5) is 20.2. The fourth-order valence-corrected chi connectivity index (χ4v) is 2.79. The number of rotatable bonds is 3. The maximum atomic E-state index is 12.3. The number of carbonyl (C=O) groups is 1. The van der Waals surface area contributed by atoms with Crippen LogP contribution in [-0.4, -0.2) is 42.0 Å². The number of hydrogen-bond donors (Lipinski definition) is 0. The lowest BCUT2D eigenvalue weighted by molar-refractivity contribution is 0.0744. The van der Waals surface area contributed by atoms with Crippen LogP contribution in [0.5, 0.6) is 0 Å². The third kappa shape index (κ3) is 2.76. The van der Waals surface area contributed by atoms with Crippen LogP contribution in [0.1, 0.15) is 16.1 Å². The van der Waals surface area contributed by atoms with Crippen LogP contribution in [0.2, 0.25) is 0 Å². The number of aromatic nitrogens is 1. The van der Waals surface area contributed by atoms with Gasteiger partial charge in [-0.25, -0.2) is 0 Å². The Balaban J connectivity index is 1.49. The Bertz CT molecular complexity index is 897. The Morgan fingerprint density at radius 3 is 2.68 bits per heavy atom. The van der Waals surface area contributed by atoms with Gasteiger partial charge in [0, 0.05) is 26.2 Å². The number of furan rings is 2. The zero-order valence-corrected chi connectivity index (χ0v) is 13.2. The highest BCUT2D eigenvalue weighted by atomic mass is 16.4. The van der Waals surface area contributed by atoms with Crippen LogP contribution >= 0.6 is 0 Å². The second-order valence-electron chi connectivity index (χ2n) is 5.55. The van der Waals surface area contributed by atoms with Gasteiger partial charge in [0.2, 0.25) is 11.6 Å². The zero-order chi connectivity index (χ0) is 17.2. The second-order valence-corrected chi connectivity index (χ2v) is 5.55. The molecule has 25 heavy (non-hydrogen) atoms.